The molecule has 3 heteroatoms. The molecule has 1 aliphatic heterocycles. The van der Waals surface area contributed by atoms with Crippen LogP contribution < -0.4 is 0 Å². The molecule has 0 saturated carbocycles. The molecule has 2 rings (SSSR count). The van der Waals surface area contributed by atoms with Gasteiger partial charge in [0, 0.05) is 21.9 Å². The molecule has 2 heterocycles. The summed E-state index contributed by atoms with van der Waals surface area (Å²) in [5.74, 6) is 2.05. The van der Waals surface area contributed by atoms with E-state index < -0.39 is 5.60 Å². The Morgan fingerprint density at radius 2 is 1.94 bits per heavy atom. The van der Waals surface area contributed by atoms with Crippen LogP contribution in [-0.4, -0.2) is 22.2 Å². The molecule has 1 unspecified atom stereocenters. The number of rotatable bonds is 3. The second kappa shape index (κ2) is 4.94. The molecule has 1 aliphatic rings. The lowest BCUT2D eigenvalue weighted by atomic mass is 9.80. The Morgan fingerprint density at radius 3 is 2.53 bits per heavy atom. The zero-order chi connectivity index (χ0) is 12.5. The molecular weight excluding hydrogens is 248 g/mol. The Labute approximate surface area is 113 Å². The minimum atomic E-state index is -0.498. The van der Waals surface area contributed by atoms with Crippen molar-refractivity contribution < 1.29 is 5.11 Å². The molecule has 0 spiro atoms. The lowest BCUT2D eigenvalue weighted by molar-refractivity contribution is 0.0207. The Balaban J connectivity index is 2.06. The number of hydrogen-bond donors (Lipinski definition) is 1. The van der Waals surface area contributed by atoms with Crippen molar-refractivity contribution in [3.8, 4) is 0 Å². The highest BCUT2D eigenvalue weighted by Crippen LogP contribution is 2.41. The third-order valence-corrected chi connectivity index (χ3v) is 6.20. The van der Waals surface area contributed by atoms with Crippen LogP contribution in [0.5, 0.6) is 0 Å². The van der Waals surface area contributed by atoms with Crippen LogP contribution >= 0.6 is 23.1 Å². The van der Waals surface area contributed by atoms with Crippen molar-refractivity contribution in [3.05, 3.63) is 21.9 Å². The summed E-state index contributed by atoms with van der Waals surface area (Å²) >= 11 is 3.75. The van der Waals surface area contributed by atoms with Gasteiger partial charge in [-0.2, -0.15) is 11.8 Å². The molecule has 96 valence electrons. The fourth-order valence-electron chi connectivity index (χ4n) is 2.66. The SMILES string of the molecule is CCc1ccc(CC2(O)CSCC(C)(C)C2)s1. The summed E-state index contributed by atoms with van der Waals surface area (Å²) < 4.78 is 0. The van der Waals surface area contributed by atoms with Crippen molar-refractivity contribution >= 4 is 23.1 Å². The number of hydrogen-bond acceptors (Lipinski definition) is 3. The second-order valence-corrected chi connectivity index (χ2v) is 8.19. The van der Waals surface area contributed by atoms with Gasteiger partial charge in [-0.25, -0.2) is 0 Å². The van der Waals surface area contributed by atoms with Crippen LogP contribution in [-0.2, 0) is 12.8 Å². The van der Waals surface area contributed by atoms with E-state index in [1.807, 2.05) is 23.1 Å². The quantitative estimate of drug-likeness (QED) is 0.903. The molecule has 0 amide bonds. The van der Waals surface area contributed by atoms with E-state index in [9.17, 15) is 5.11 Å². The van der Waals surface area contributed by atoms with Gasteiger partial charge >= 0.3 is 0 Å². The highest BCUT2D eigenvalue weighted by Gasteiger charge is 2.39. The molecule has 1 atom stereocenters. The average Bonchev–Trinajstić information content (AvgIpc) is 2.62. The molecule has 0 aliphatic carbocycles. The first-order chi connectivity index (χ1) is 7.92. The first-order valence-electron chi connectivity index (χ1n) is 6.30. The van der Waals surface area contributed by atoms with Gasteiger partial charge in [-0.05, 0) is 36.1 Å². The minimum absolute atomic E-state index is 0.266. The first kappa shape index (κ1) is 13.4. The summed E-state index contributed by atoms with van der Waals surface area (Å²) in [6.45, 7) is 6.70. The Morgan fingerprint density at radius 1 is 1.24 bits per heavy atom. The van der Waals surface area contributed by atoms with Gasteiger partial charge in [-0.1, -0.05) is 20.8 Å². The number of aliphatic hydroxyl groups is 1. The molecule has 1 saturated heterocycles. The Hall–Kier alpha value is 0.01000. The van der Waals surface area contributed by atoms with E-state index in [4.69, 9.17) is 0 Å². The monoisotopic (exact) mass is 270 g/mol. The lowest BCUT2D eigenvalue weighted by Crippen LogP contribution is -2.43. The van der Waals surface area contributed by atoms with Crippen LogP contribution in [0.15, 0.2) is 12.1 Å². The molecular formula is C14H22OS2. The van der Waals surface area contributed by atoms with Gasteiger partial charge in [0.2, 0.25) is 0 Å². The third kappa shape index (κ3) is 3.49. The molecule has 0 radical (unpaired) electrons. The van der Waals surface area contributed by atoms with E-state index in [-0.39, 0.29) is 5.41 Å². The smallest absolute Gasteiger partial charge is 0.0791 e. The molecule has 1 fully saturated rings. The fraction of sp³-hybridized carbons (Fsp3) is 0.714. The van der Waals surface area contributed by atoms with Crippen LogP contribution in [0.2, 0.25) is 0 Å². The van der Waals surface area contributed by atoms with Crippen molar-refractivity contribution in [3.63, 3.8) is 0 Å². The zero-order valence-corrected chi connectivity index (χ0v) is 12.6. The summed E-state index contributed by atoms with van der Waals surface area (Å²) in [7, 11) is 0. The number of thiophene rings is 1. The summed E-state index contributed by atoms with van der Waals surface area (Å²) in [5, 5.41) is 10.7. The van der Waals surface area contributed by atoms with Gasteiger partial charge in [-0.15, -0.1) is 11.3 Å². The maximum atomic E-state index is 10.7. The van der Waals surface area contributed by atoms with Crippen molar-refractivity contribution in [2.24, 2.45) is 5.41 Å². The maximum Gasteiger partial charge on any atom is 0.0791 e. The molecule has 17 heavy (non-hydrogen) atoms. The summed E-state index contributed by atoms with van der Waals surface area (Å²) in [6, 6.07) is 4.39. The average molecular weight is 270 g/mol. The van der Waals surface area contributed by atoms with E-state index in [1.165, 1.54) is 15.5 Å². The summed E-state index contributed by atoms with van der Waals surface area (Å²) in [5.41, 5.74) is -0.231. The summed E-state index contributed by atoms with van der Waals surface area (Å²) in [4.78, 5) is 2.76. The van der Waals surface area contributed by atoms with Gasteiger partial charge in [0.25, 0.3) is 0 Å². The van der Waals surface area contributed by atoms with E-state index in [1.54, 1.807) is 0 Å². The van der Waals surface area contributed by atoms with Crippen molar-refractivity contribution in [1.29, 1.82) is 0 Å². The lowest BCUT2D eigenvalue weighted by Gasteiger charge is -2.41. The predicted molar refractivity (Wildman–Crippen MR) is 78.1 cm³/mol. The fourth-order valence-corrected chi connectivity index (χ4v) is 5.09. The molecule has 1 N–H and O–H groups in total. The van der Waals surface area contributed by atoms with Gasteiger partial charge in [-0.3, -0.25) is 0 Å². The standard InChI is InChI=1S/C14H22OS2/c1-4-11-5-6-12(17-11)7-14(15)8-13(2,3)9-16-10-14/h5-6,15H,4,7-10H2,1-3H3. The summed E-state index contributed by atoms with van der Waals surface area (Å²) in [6.07, 6.45) is 2.85. The molecule has 0 aromatic carbocycles. The zero-order valence-electron chi connectivity index (χ0n) is 11.0. The van der Waals surface area contributed by atoms with E-state index in [2.05, 4.69) is 32.9 Å². The highest BCUT2D eigenvalue weighted by atomic mass is 32.2. The van der Waals surface area contributed by atoms with E-state index in [0.717, 1.165) is 25.0 Å². The highest BCUT2D eigenvalue weighted by molar-refractivity contribution is 7.99. The van der Waals surface area contributed by atoms with Crippen molar-refractivity contribution in [2.75, 3.05) is 11.5 Å². The topological polar surface area (TPSA) is 20.2 Å². The van der Waals surface area contributed by atoms with Crippen molar-refractivity contribution in [2.45, 2.75) is 45.6 Å². The first-order valence-corrected chi connectivity index (χ1v) is 8.27. The third-order valence-electron chi connectivity index (χ3n) is 3.24. The molecule has 0 bridgehead atoms. The molecule has 1 nitrogen and oxygen atoms in total. The van der Waals surface area contributed by atoms with Crippen molar-refractivity contribution in [1.82, 2.24) is 0 Å². The van der Waals surface area contributed by atoms with Crippen LogP contribution in [0.3, 0.4) is 0 Å². The van der Waals surface area contributed by atoms with Gasteiger partial charge in [0.1, 0.15) is 0 Å². The van der Waals surface area contributed by atoms with Crippen LogP contribution in [0.25, 0.3) is 0 Å². The second-order valence-electron chi connectivity index (χ2n) is 5.96. The molecule has 1 aromatic rings. The maximum absolute atomic E-state index is 10.7. The molecule has 1 aromatic heterocycles. The predicted octanol–water partition coefficient (Wildman–Crippen LogP) is 3.75. The van der Waals surface area contributed by atoms with E-state index >= 15 is 0 Å². The minimum Gasteiger partial charge on any atom is -0.389 e. The van der Waals surface area contributed by atoms with Crippen LogP contribution in [0.1, 0.15) is 36.9 Å². The van der Waals surface area contributed by atoms with Gasteiger partial charge in [0.05, 0.1) is 5.60 Å². The Kier molecular flexibility index (Phi) is 3.91. The normalized spacial score (nSPS) is 28.2. The largest absolute Gasteiger partial charge is 0.389 e. The number of aryl methyl sites for hydroxylation is 1. The van der Waals surface area contributed by atoms with Crippen LogP contribution in [0.4, 0.5) is 0 Å². The van der Waals surface area contributed by atoms with E-state index in [0.29, 0.717) is 0 Å². The Bertz CT molecular complexity index is 383. The van der Waals surface area contributed by atoms with Gasteiger partial charge in [0.15, 0.2) is 0 Å². The van der Waals surface area contributed by atoms with Gasteiger partial charge < -0.3 is 5.11 Å². The van der Waals surface area contributed by atoms with Crippen LogP contribution in [0, 0.1) is 5.41 Å². The number of thioether (sulfide) groups is 1.